The fourth-order valence-electron chi connectivity index (χ4n) is 2.69. The van der Waals surface area contributed by atoms with Crippen LogP contribution < -0.4 is 4.31 Å². The van der Waals surface area contributed by atoms with Crippen LogP contribution in [0.5, 0.6) is 0 Å². The fraction of sp³-hybridized carbons (Fsp3) is 0.267. The van der Waals surface area contributed by atoms with Gasteiger partial charge >= 0.3 is 5.97 Å². The highest BCUT2D eigenvalue weighted by atomic mass is 32.2. The number of benzene rings is 1. The summed E-state index contributed by atoms with van der Waals surface area (Å²) in [5.41, 5.74) is 1.30. The third kappa shape index (κ3) is 2.74. The first-order valence-corrected chi connectivity index (χ1v) is 9.36. The fourth-order valence-corrected chi connectivity index (χ4v) is 5.07. The van der Waals surface area contributed by atoms with E-state index in [0.717, 1.165) is 4.88 Å². The third-order valence-electron chi connectivity index (χ3n) is 3.74. The van der Waals surface area contributed by atoms with Crippen molar-refractivity contribution < 1.29 is 18.3 Å². The Kier molecular flexibility index (Phi) is 3.92. The van der Waals surface area contributed by atoms with Gasteiger partial charge in [-0.25, -0.2) is 13.2 Å². The van der Waals surface area contributed by atoms with Crippen molar-refractivity contribution in [2.24, 2.45) is 0 Å². The summed E-state index contributed by atoms with van der Waals surface area (Å²) in [5, 5.41) is 11.1. The molecular weight excluding hydrogens is 322 g/mol. The summed E-state index contributed by atoms with van der Waals surface area (Å²) in [6.07, 6.45) is 0.917. The van der Waals surface area contributed by atoms with Crippen LogP contribution in [0.3, 0.4) is 0 Å². The predicted octanol–water partition coefficient (Wildman–Crippen LogP) is 2.38. The lowest BCUT2D eigenvalue weighted by atomic mass is 10.1. The summed E-state index contributed by atoms with van der Waals surface area (Å²) in [7, 11) is -3.44. The molecule has 2 heterocycles. The van der Waals surface area contributed by atoms with Gasteiger partial charge in [0.25, 0.3) is 0 Å². The summed E-state index contributed by atoms with van der Waals surface area (Å²) in [6.45, 7) is 0.312. The zero-order valence-electron chi connectivity index (χ0n) is 11.7. The topological polar surface area (TPSA) is 74.7 Å². The van der Waals surface area contributed by atoms with E-state index in [0.29, 0.717) is 30.6 Å². The molecule has 0 spiro atoms. The molecule has 1 aliphatic rings. The molecule has 7 heteroatoms. The van der Waals surface area contributed by atoms with Crippen LogP contribution in [-0.4, -0.2) is 31.8 Å². The molecule has 0 aliphatic carbocycles. The standard InChI is InChI=1S/C15H15NO4S2/c17-15(18)13-4-1-5-14-12(13)6-8-16(14)22(19,20)10-7-11-3-2-9-21-11/h1-5,9H,6-8,10H2,(H,17,18). The van der Waals surface area contributed by atoms with Crippen LogP contribution in [0.1, 0.15) is 20.8 Å². The van der Waals surface area contributed by atoms with Gasteiger partial charge in [-0.05, 0) is 42.0 Å². The van der Waals surface area contributed by atoms with Crippen LogP contribution in [0.25, 0.3) is 0 Å². The van der Waals surface area contributed by atoms with Crippen molar-refractivity contribution in [3.63, 3.8) is 0 Å². The van der Waals surface area contributed by atoms with E-state index in [2.05, 4.69) is 0 Å². The van der Waals surface area contributed by atoms with E-state index in [9.17, 15) is 18.3 Å². The highest BCUT2D eigenvalue weighted by molar-refractivity contribution is 7.92. The maximum Gasteiger partial charge on any atom is 0.336 e. The summed E-state index contributed by atoms with van der Waals surface area (Å²) >= 11 is 1.54. The van der Waals surface area contributed by atoms with E-state index in [4.69, 9.17) is 0 Å². The lowest BCUT2D eigenvalue weighted by Gasteiger charge is -2.19. The van der Waals surface area contributed by atoms with Gasteiger partial charge in [-0.3, -0.25) is 4.31 Å². The summed E-state index contributed by atoms with van der Waals surface area (Å²) in [5.74, 6) is -0.987. The van der Waals surface area contributed by atoms with Crippen LogP contribution >= 0.6 is 11.3 Å². The summed E-state index contributed by atoms with van der Waals surface area (Å²) in [4.78, 5) is 12.3. The van der Waals surface area contributed by atoms with E-state index in [1.807, 2.05) is 17.5 Å². The number of thiophene rings is 1. The van der Waals surface area contributed by atoms with Crippen LogP contribution in [0.15, 0.2) is 35.7 Å². The molecule has 0 bridgehead atoms. The van der Waals surface area contributed by atoms with Gasteiger partial charge < -0.3 is 5.11 Å². The average Bonchev–Trinajstić information content (AvgIpc) is 3.14. The second kappa shape index (κ2) is 5.73. The molecule has 1 aromatic carbocycles. The molecule has 0 saturated carbocycles. The number of rotatable bonds is 5. The number of anilines is 1. The SMILES string of the molecule is O=C(O)c1cccc2c1CCN2S(=O)(=O)CCc1cccs1. The van der Waals surface area contributed by atoms with Gasteiger partial charge in [-0.1, -0.05) is 12.1 Å². The van der Waals surface area contributed by atoms with Gasteiger partial charge in [0.2, 0.25) is 10.0 Å². The number of hydrogen-bond donors (Lipinski definition) is 1. The first kappa shape index (κ1) is 15.1. The van der Waals surface area contributed by atoms with E-state index in [1.165, 1.54) is 21.7 Å². The van der Waals surface area contributed by atoms with Gasteiger partial charge in [-0.15, -0.1) is 11.3 Å². The monoisotopic (exact) mass is 337 g/mol. The van der Waals surface area contributed by atoms with Crippen molar-refractivity contribution in [2.75, 3.05) is 16.6 Å². The Labute approximate surface area is 132 Å². The Bertz CT molecular complexity index is 797. The van der Waals surface area contributed by atoms with Crippen LogP contribution in [-0.2, 0) is 22.9 Å². The zero-order valence-corrected chi connectivity index (χ0v) is 13.4. The third-order valence-corrected chi connectivity index (χ3v) is 6.44. The number of carboxylic acids is 1. The van der Waals surface area contributed by atoms with Gasteiger partial charge in [0.1, 0.15) is 0 Å². The Morgan fingerprint density at radius 3 is 2.77 bits per heavy atom. The maximum atomic E-state index is 12.6. The van der Waals surface area contributed by atoms with Gasteiger partial charge in [-0.2, -0.15) is 0 Å². The van der Waals surface area contributed by atoms with E-state index in [1.54, 1.807) is 12.1 Å². The van der Waals surface area contributed by atoms with E-state index in [-0.39, 0.29) is 11.3 Å². The minimum atomic E-state index is -3.44. The summed E-state index contributed by atoms with van der Waals surface area (Å²) < 4.78 is 26.5. The molecule has 1 aliphatic heterocycles. The van der Waals surface area contributed by atoms with E-state index < -0.39 is 16.0 Å². The predicted molar refractivity (Wildman–Crippen MR) is 86.3 cm³/mol. The highest BCUT2D eigenvalue weighted by Crippen LogP contribution is 2.33. The molecule has 1 aromatic heterocycles. The molecule has 0 fully saturated rings. The molecule has 0 radical (unpaired) electrons. The van der Waals surface area contributed by atoms with E-state index >= 15 is 0 Å². The quantitative estimate of drug-likeness (QED) is 0.909. The number of nitrogens with zero attached hydrogens (tertiary/aromatic N) is 1. The first-order chi connectivity index (χ1) is 10.5. The van der Waals surface area contributed by atoms with Crippen molar-refractivity contribution in [1.82, 2.24) is 0 Å². The van der Waals surface area contributed by atoms with Gasteiger partial charge in [0, 0.05) is 11.4 Å². The van der Waals surface area contributed by atoms with Gasteiger partial charge in [0.05, 0.1) is 17.0 Å². The zero-order chi connectivity index (χ0) is 15.7. The number of sulfonamides is 1. The van der Waals surface area contributed by atoms with Crippen molar-refractivity contribution >= 4 is 33.0 Å². The van der Waals surface area contributed by atoms with Crippen LogP contribution in [0, 0.1) is 0 Å². The molecule has 3 rings (SSSR count). The van der Waals surface area contributed by atoms with Crippen molar-refractivity contribution in [3.8, 4) is 0 Å². The molecule has 116 valence electrons. The number of carboxylic acid groups (broad SMARTS) is 1. The number of aryl methyl sites for hydroxylation is 1. The summed E-state index contributed by atoms with van der Waals surface area (Å²) in [6, 6.07) is 8.60. The Morgan fingerprint density at radius 2 is 2.09 bits per heavy atom. The number of hydrogen-bond acceptors (Lipinski definition) is 4. The average molecular weight is 337 g/mol. The lowest BCUT2D eigenvalue weighted by Crippen LogP contribution is -2.31. The minimum Gasteiger partial charge on any atom is -0.478 e. The first-order valence-electron chi connectivity index (χ1n) is 6.87. The Hall–Kier alpha value is -1.86. The molecule has 0 saturated heterocycles. The molecule has 0 unspecified atom stereocenters. The smallest absolute Gasteiger partial charge is 0.336 e. The van der Waals surface area contributed by atoms with Crippen molar-refractivity contribution in [1.29, 1.82) is 0 Å². The Morgan fingerprint density at radius 1 is 1.27 bits per heavy atom. The van der Waals surface area contributed by atoms with Crippen LogP contribution in [0.2, 0.25) is 0 Å². The maximum absolute atomic E-state index is 12.6. The largest absolute Gasteiger partial charge is 0.478 e. The molecule has 1 N–H and O–H groups in total. The second-order valence-corrected chi connectivity index (χ2v) is 8.12. The molecule has 22 heavy (non-hydrogen) atoms. The molecular formula is C15H15NO4S2. The molecule has 0 atom stereocenters. The number of aromatic carboxylic acids is 1. The second-order valence-electron chi connectivity index (χ2n) is 5.08. The molecule has 2 aromatic rings. The van der Waals surface area contributed by atoms with Crippen molar-refractivity contribution in [2.45, 2.75) is 12.8 Å². The van der Waals surface area contributed by atoms with Gasteiger partial charge in [0.15, 0.2) is 0 Å². The molecule has 0 amide bonds. The van der Waals surface area contributed by atoms with Crippen molar-refractivity contribution in [3.05, 3.63) is 51.7 Å². The number of fused-ring (bicyclic) bond motifs is 1. The number of carbonyl (C=O) groups is 1. The Balaban J connectivity index is 1.86. The molecule has 5 nitrogen and oxygen atoms in total. The van der Waals surface area contributed by atoms with Crippen LogP contribution in [0.4, 0.5) is 5.69 Å². The highest BCUT2D eigenvalue weighted by Gasteiger charge is 2.31. The minimum absolute atomic E-state index is 0.0320. The lowest BCUT2D eigenvalue weighted by molar-refractivity contribution is 0.0696. The normalized spacial score (nSPS) is 14.1.